The maximum Gasteiger partial charge on any atom is 0.321 e. The number of carbonyl (C=O) groups excluding carboxylic acids is 2. The summed E-state index contributed by atoms with van der Waals surface area (Å²) in [6.45, 7) is 10.1. The van der Waals surface area contributed by atoms with E-state index in [1.54, 1.807) is 0 Å². The SMILES string of the molecule is C[C@@H](C(=O)NC(=O)NC(C)(C)C)N1CC[C@H](N(C)Cc2ccccc2)C1. The van der Waals surface area contributed by atoms with Gasteiger partial charge in [-0.2, -0.15) is 0 Å². The van der Waals surface area contributed by atoms with Crippen molar-refractivity contribution in [3.63, 3.8) is 0 Å². The fraction of sp³-hybridized carbons (Fsp3) is 0.600. The number of rotatable bonds is 5. The number of carbonyl (C=O) groups is 2. The van der Waals surface area contributed by atoms with Gasteiger partial charge in [-0.3, -0.25) is 19.9 Å². The second kappa shape index (κ2) is 8.64. The number of likely N-dealkylation sites (tertiary alicyclic amines) is 1. The van der Waals surface area contributed by atoms with Crippen LogP contribution in [0.3, 0.4) is 0 Å². The lowest BCUT2D eigenvalue weighted by Crippen LogP contribution is -2.53. The first kappa shape index (κ1) is 20.4. The third-order valence-corrected chi connectivity index (χ3v) is 4.75. The number of imide groups is 1. The molecule has 1 aliphatic rings. The summed E-state index contributed by atoms with van der Waals surface area (Å²) in [6, 6.07) is 10.0. The summed E-state index contributed by atoms with van der Waals surface area (Å²) >= 11 is 0. The van der Waals surface area contributed by atoms with Crippen molar-refractivity contribution in [2.24, 2.45) is 0 Å². The Bertz CT molecular complexity index is 612. The molecule has 0 aliphatic carbocycles. The number of hydrogen-bond donors (Lipinski definition) is 2. The molecule has 6 heteroatoms. The third-order valence-electron chi connectivity index (χ3n) is 4.75. The summed E-state index contributed by atoms with van der Waals surface area (Å²) in [5.74, 6) is -0.252. The van der Waals surface area contributed by atoms with Crippen LogP contribution in [0, 0.1) is 0 Å². The molecule has 1 heterocycles. The minimum atomic E-state index is -0.439. The van der Waals surface area contributed by atoms with Crippen molar-refractivity contribution in [3.05, 3.63) is 35.9 Å². The molecule has 1 aromatic rings. The van der Waals surface area contributed by atoms with E-state index in [2.05, 4.69) is 51.7 Å². The zero-order valence-electron chi connectivity index (χ0n) is 16.6. The van der Waals surface area contributed by atoms with E-state index in [1.807, 2.05) is 33.8 Å². The van der Waals surface area contributed by atoms with Gasteiger partial charge in [-0.25, -0.2) is 4.79 Å². The molecule has 1 aromatic carbocycles. The maximum atomic E-state index is 12.4. The van der Waals surface area contributed by atoms with Crippen LogP contribution >= 0.6 is 0 Å². The molecule has 2 N–H and O–H groups in total. The standard InChI is InChI=1S/C20H32N4O2/c1-15(18(25)21-19(26)22-20(2,3)4)24-12-11-17(14-24)23(5)13-16-9-7-6-8-10-16/h6-10,15,17H,11-14H2,1-5H3,(H2,21,22,25,26)/t15-,17-/m0/s1. The maximum absolute atomic E-state index is 12.4. The van der Waals surface area contributed by atoms with Crippen molar-refractivity contribution < 1.29 is 9.59 Å². The van der Waals surface area contributed by atoms with Gasteiger partial charge in [0.05, 0.1) is 6.04 Å². The van der Waals surface area contributed by atoms with Crippen molar-refractivity contribution in [2.75, 3.05) is 20.1 Å². The van der Waals surface area contributed by atoms with Gasteiger partial charge in [0.25, 0.3) is 0 Å². The van der Waals surface area contributed by atoms with Gasteiger partial charge >= 0.3 is 6.03 Å². The molecule has 0 bridgehead atoms. The van der Waals surface area contributed by atoms with Crippen molar-refractivity contribution in [3.8, 4) is 0 Å². The Labute approximate surface area is 156 Å². The number of urea groups is 1. The first-order valence-corrected chi connectivity index (χ1v) is 9.27. The van der Waals surface area contributed by atoms with Crippen LogP contribution in [0.2, 0.25) is 0 Å². The molecular formula is C20H32N4O2. The molecule has 2 rings (SSSR count). The van der Waals surface area contributed by atoms with E-state index in [0.717, 1.165) is 26.1 Å². The van der Waals surface area contributed by atoms with Gasteiger partial charge in [0.15, 0.2) is 0 Å². The summed E-state index contributed by atoms with van der Waals surface area (Å²) in [7, 11) is 2.13. The van der Waals surface area contributed by atoms with Crippen LogP contribution in [0.15, 0.2) is 30.3 Å². The third kappa shape index (κ3) is 6.11. The monoisotopic (exact) mass is 360 g/mol. The van der Waals surface area contributed by atoms with Gasteiger partial charge in [-0.05, 0) is 46.7 Å². The highest BCUT2D eigenvalue weighted by molar-refractivity contribution is 5.97. The van der Waals surface area contributed by atoms with Crippen LogP contribution in [0.1, 0.15) is 39.7 Å². The highest BCUT2D eigenvalue weighted by Crippen LogP contribution is 2.19. The Morgan fingerprint density at radius 3 is 2.54 bits per heavy atom. The van der Waals surface area contributed by atoms with Crippen LogP contribution in [-0.2, 0) is 11.3 Å². The Morgan fingerprint density at radius 2 is 1.92 bits per heavy atom. The first-order chi connectivity index (χ1) is 12.2. The highest BCUT2D eigenvalue weighted by atomic mass is 16.2. The number of likely N-dealkylation sites (N-methyl/N-ethyl adjacent to an activating group) is 1. The molecule has 6 nitrogen and oxygen atoms in total. The molecular weight excluding hydrogens is 328 g/mol. The average Bonchev–Trinajstić information content (AvgIpc) is 3.03. The molecule has 1 fully saturated rings. The molecule has 26 heavy (non-hydrogen) atoms. The summed E-state index contributed by atoms with van der Waals surface area (Å²) < 4.78 is 0. The van der Waals surface area contributed by atoms with Crippen LogP contribution in [-0.4, -0.2) is 59.5 Å². The zero-order chi connectivity index (χ0) is 19.3. The van der Waals surface area contributed by atoms with E-state index < -0.39 is 6.03 Å². The average molecular weight is 361 g/mol. The van der Waals surface area contributed by atoms with Crippen molar-refractivity contribution in [2.45, 2.75) is 58.3 Å². The fourth-order valence-corrected chi connectivity index (χ4v) is 3.23. The van der Waals surface area contributed by atoms with Crippen LogP contribution in [0.4, 0.5) is 4.79 Å². The number of benzene rings is 1. The molecule has 0 unspecified atom stereocenters. The summed E-state index contributed by atoms with van der Waals surface area (Å²) in [4.78, 5) is 28.7. The van der Waals surface area contributed by atoms with E-state index in [0.29, 0.717) is 6.04 Å². The van der Waals surface area contributed by atoms with Crippen LogP contribution in [0.5, 0.6) is 0 Å². The van der Waals surface area contributed by atoms with Gasteiger partial charge in [0, 0.05) is 31.2 Å². The van der Waals surface area contributed by atoms with Gasteiger partial charge in [-0.1, -0.05) is 30.3 Å². The van der Waals surface area contributed by atoms with Gasteiger partial charge in [0.2, 0.25) is 5.91 Å². The zero-order valence-corrected chi connectivity index (χ0v) is 16.6. The smallest absolute Gasteiger partial charge is 0.321 e. The minimum absolute atomic E-state index is 0.252. The number of amides is 3. The quantitative estimate of drug-likeness (QED) is 0.845. The molecule has 0 aromatic heterocycles. The lowest BCUT2D eigenvalue weighted by molar-refractivity contribution is -0.124. The lowest BCUT2D eigenvalue weighted by atomic mass is 10.1. The topological polar surface area (TPSA) is 64.7 Å². The number of nitrogens with zero attached hydrogens (tertiary/aromatic N) is 2. The lowest BCUT2D eigenvalue weighted by Gasteiger charge is -2.27. The second-order valence-electron chi connectivity index (χ2n) is 8.21. The van der Waals surface area contributed by atoms with Crippen molar-refractivity contribution in [1.29, 1.82) is 0 Å². The Hall–Kier alpha value is -1.92. The Morgan fingerprint density at radius 1 is 1.27 bits per heavy atom. The van der Waals surface area contributed by atoms with Gasteiger partial charge < -0.3 is 5.32 Å². The fourth-order valence-electron chi connectivity index (χ4n) is 3.23. The number of nitrogens with one attached hydrogen (secondary N) is 2. The predicted molar refractivity (Wildman–Crippen MR) is 104 cm³/mol. The molecule has 144 valence electrons. The number of hydrogen-bond acceptors (Lipinski definition) is 4. The highest BCUT2D eigenvalue weighted by Gasteiger charge is 2.32. The van der Waals surface area contributed by atoms with Gasteiger partial charge in [-0.15, -0.1) is 0 Å². The molecule has 1 aliphatic heterocycles. The molecule has 3 amide bonds. The molecule has 2 atom stereocenters. The van der Waals surface area contributed by atoms with Crippen molar-refractivity contribution in [1.82, 2.24) is 20.4 Å². The molecule has 0 saturated carbocycles. The first-order valence-electron chi connectivity index (χ1n) is 9.27. The van der Waals surface area contributed by atoms with E-state index in [1.165, 1.54) is 5.56 Å². The molecule has 0 radical (unpaired) electrons. The largest absolute Gasteiger partial charge is 0.333 e. The van der Waals surface area contributed by atoms with Crippen molar-refractivity contribution >= 4 is 11.9 Å². The van der Waals surface area contributed by atoms with E-state index in [-0.39, 0.29) is 17.5 Å². The normalized spacial score (nSPS) is 19.4. The van der Waals surface area contributed by atoms with Crippen LogP contribution < -0.4 is 10.6 Å². The Balaban J connectivity index is 1.83. The predicted octanol–water partition coefficient (Wildman–Crippen LogP) is 2.21. The summed E-state index contributed by atoms with van der Waals surface area (Å²) in [6.07, 6.45) is 1.02. The van der Waals surface area contributed by atoms with E-state index in [9.17, 15) is 9.59 Å². The minimum Gasteiger partial charge on any atom is -0.333 e. The van der Waals surface area contributed by atoms with Gasteiger partial charge in [0.1, 0.15) is 0 Å². The molecule has 0 spiro atoms. The summed E-state index contributed by atoms with van der Waals surface area (Å²) in [5, 5.41) is 5.20. The van der Waals surface area contributed by atoms with Crippen LogP contribution in [0.25, 0.3) is 0 Å². The summed E-state index contributed by atoms with van der Waals surface area (Å²) in [5.41, 5.74) is 0.921. The molecule has 1 saturated heterocycles. The Kier molecular flexibility index (Phi) is 6.78. The van der Waals surface area contributed by atoms with E-state index in [4.69, 9.17) is 0 Å². The second-order valence-corrected chi connectivity index (χ2v) is 8.21. The van der Waals surface area contributed by atoms with E-state index >= 15 is 0 Å².